The van der Waals surface area contributed by atoms with Crippen molar-refractivity contribution in [1.82, 2.24) is 4.98 Å². The molecule has 1 unspecified atom stereocenters. The largest absolute Gasteiger partial charge is 0.497 e. The smallest absolute Gasteiger partial charge is 0.279 e. The van der Waals surface area contributed by atoms with Gasteiger partial charge >= 0.3 is 0 Å². The highest BCUT2D eigenvalue weighted by Crippen LogP contribution is 2.25. The third kappa shape index (κ3) is 4.88. The molecule has 3 aromatic rings. The van der Waals surface area contributed by atoms with Gasteiger partial charge in [0, 0.05) is 28.1 Å². The second-order valence-corrected chi connectivity index (χ2v) is 7.38. The molecule has 1 aromatic carbocycles. The second kappa shape index (κ2) is 8.24. The van der Waals surface area contributed by atoms with E-state index in [4.69, 9.17) is 4.74 Å². The van der Waals surface area contributed by atoms with Crippen LogP contribution in [0.5, 0.6) is 5.75 Å². The molecule has 0 spiro atoms. The van der Waals surface area contributed by atoms with Gasteiger partial charge in [0.2, 0.25) is 0 Å². The molecule has 2 heterocycles. The maximum atomic E-state index is 12.2. The van der Waals surface area contributed by atoms with E-state index in [1.54, 1.807) is 35.8 Å². The van der Waals surface area contributed by atoms with Crippen molar-refractivity contribution in [2.75, 3.05) is 26.0 Å². The number of ether oxygens (including phenoxy) is 1. The third-order valence-electron chi connectivity index (χ3n) is 3.62. The predicted molar refractivity (Wildman–Crippen MR) is 103 cm³/mol. The molecule has 0 aliphatic rings. The van der Waals surface area contributed by atoms with Crippen LogP contribution < -0.4 is 15.0 Å². The van der Waals surface area contributed by atoms with E-state index < -0.39 is 0 Å². The molecule has 1 atom stereocenters. The Balaban J connectivity index is 1.53. The fraction of sp³-hybridized carbons (Fsp3) is 0.222. The number of methoxy groups -OCH3 is 1. The summed E-state index contributed by atoms with van der Waals surface area (Å²) in [4.78, 5) is 18.0. The molecule has 0 aliphatic carbocycles. The predicted octanol–water partition coefficient (Wildman–Crippen LogP) is 2.53. The Kier molecular flexibility index (Phi) is 5.80. The Morgan fingerprint density at radius 1 is 1.32 bits per heavy atom. The van der Waals surface area contributed by atoms with E-state index >= 15 is 0 Å². The summed E-state index contributed by atoms with van der Waals surface area (Å²) >= 11 is 3.31. The minimum atomic E-state index is -0.0287. The summed E-state index contributed by atoms with van der Waals surface area (Å²) in [6, 6.07) is 9.43. The minimum Gasteiger partial charge on any atom is -0.497 e. The Labute approximate surface area is 154 Å². The quantitative estimate of drug-likeness (QED) is 0.668. The van der Waals surface area contributed by atoms with Gasteiger partial charge in [-0.3, -0.25) is 4.79 Å². The van der Waals surface area contributed by atoms with E-state index in [2.05, 4.69) is 32.5 Å². The third-order valence-corrected chi connectivity index (χ3v) is 5.24. The standard InChI is InChI=1S/C18H19N3O2S2/c1-21(9-15-12-25-18(20-15)13-6-7-24-11-13)10-17(22)19-14-4-3-5-16(8-14)23-2/h3-8,11-12H,9-10H2,1-2H3,(H,19,22)/p+1. The van der Waals surface area contributed by atoms with Gasteiger partial charge in [-0.25, -0.2) is 4.98 Å². The van der Waals surface area contributed by atoms with Crippen LogP contribution in [0, 0.1) is 0 Å². The number of quaternary nitrogens is 1. The fourth-order valence-corrected chi connectivity index (χ4v) is 3.99. The molecule has 0 radical (unpaired) electrons. The Hall–Kier alpha value is -2.22. The van der Waals surface area contributed by atoms with E-state index in [1.807, 2.05) is 25.2 Å². The SMILES string of the molecule is COc1cccc(NC(=O)C[NH+](C)Cc2csc(-c3ccsc3)n2)c1. The van der Waals surface area contributed by atoms with E-state index in [0.717, 1.165) is 32.6 Å². The minimum absolute atomic E-state index is 0.0287. The van der Waals surface area contributed by atoms with Gasteiger partial charge in [0.25, 0.3) is 5.91 Å². The molecular weight excluding hydrogens is 354 g/mol. The van der Waals surface area contributed by atoms with Crippen molar-refractivity contribution in [3.05, 3.63) is 52.2 Å². The van der Waals surface area contributed by atoms with Gasteiger partial charge in [0.1, 0.15) is 23.0 Å². The van der Waals surface area contributed by atoms with Crippen LogP contribution in [-0.4, -0.2) is 31.6 Å². The average molecular weight is 375 g/mol. The molecule has 3 rings (SSSR count). The van der Waals surface area contributed by atoms with Crippen LogP contribution in [-0.2, 0) is 11.3 Å². The number of aromatic nitrogens is 1. The number of hydrogen-bond donors (Lipinski definition) is 2. The summed E-state index contributed by atoms with van der Waals surface area (Å²) in [6.45, 7) is 1.09. The summed E-state index contributed by atoms with van der Waals surface area (Å²) in [5, 5.41) is 10.2. The van der Waals surface area contributed by atoms with Crippen LogP contribution in [0.15, 0.2) is 46.5 Å². The number of nitrogens with one attached hydrogen (secondary N) is 2. The number of thiazole rings is 1. The maximum absolute atomic E-state index is 12.2. The maximum Gasteiger partial charge on any atom is 0.279 e. The molecule has 2 N–H and O–H groups in total. The molecule has 7 heteroatoms. The number of hydrogen-bond acceptors (Lipinski definition) is 5. The van der Waals surface area contributed by atoms with Gasteiger partial charge < -0.3 is 15.0 Å². The van der Waals surface area contributed by atoms with Gasteiger partial charge in [0.05, 0.1) is 14.2 Å². The zero-order valence-electron chi connectivity index (χ0n) is 14.1. The van der Waals surface area contributed by atoms with Crippen molar-refractivity contribution in [3.8, 4) is 16.3 Å². The fourth-order valence-electron chi connectivity index (χ4n) is 2.46. The molecule has 25 heavy (non-hydrogen) atoms. The summed E-state index contributed by atoms with van der Waals surface area (Å²) in [6.07, 6.45) is 0. The van der Waals surface area contributed by atoms with Crippen molar-refractivity contribution in [2.24, 2.45) is 0 Å². The lowest BCUT2D eigenvalue weighted by Crippen LogP contribution is -3.08. The Morgan fingerprint density at radius 2 is 2.20 bits per heavy atom. The topological polar surface area (TPSA) is 55.7 Å². The summed E-state index contributed by atoms with van der Waals surface area (Å²) < 4.78 is 5.17. The number of amides is 1. The first-order chi connectivity index (χ1) is 12.1. The Morgan fingerprint density at radius 3 is 2.96 bits per heavy atom. The van der Waals surface area contributed by atoms with Gasteiger partial charge in [-0.1, -0.05) is 6.07 Å². The zero-order valence-corrected chi connectivity index (χ0v) is 15.7. The lowest BCUT2D eigenvalue weighted by Gasteiger charge is -2.13. The number of anilines is 1. The molecule has 1 amide bonds. The first kappa shape index (κ1) is 17.6. The molecule has 0 saturated heterocycles. The highest BCUT2D eigenvalue weighted by atomic mass is 32.1. The van der Waals surface area contributed by atoms with E-state index in [0.29, 0.717) is 13.1 Å². The van der Waals surface area contributed by atoms with Crippen LogP contribution in [0.25, 0.3) is 10.6 Å². The van der Waals surface area contributed by atoms with Crippen LogP contribution in [0.4, 0.5) is 5.69 Å². The number of carbonyl (C=O) groups is 1. The van der Waals surface area contributed by atoms with Crippen molar-refractivity contribution in [2.45, 2.75) is 6.54 Å². The zero-order chi connectivity index (χ0) is 17.6. The van der Waals surface area contributed by atoms with E-state index in [-0.39, 0.29) is 5.91 Å². The van der Waals surface area contributed by atoms with Gasteiger partial charge in [0.15, 0.2) is 6.54 Å². The molecular formula is C18H20N3O2S2+. The lowest BCUT2D eigenvalue weighted by molar-refractivity contribution is -0.885. The van der Waals surface area contributed by atoms with Crippen LogP contribution in [0.2, 0.25) is 0 Å². The van der Waals surface area contributed by atoms with Crippen molar-refractivity contribution >= 4 is 34.3 Å². The Bertz CT molecular complexity index is 830. The number of rotatable bonds is 7. The summed E-state index contributed by atoms with van der Waals surface area (Å²) in [5.74, 6) is 0.695. The van der Waals surface area contributed by atoms with E-state index in [1.165, 1.54) is 0 Å². The molecule has 0 bridgehead atoms. The number of thiophene rings is 1. The van der Waals surface area contributed by atoms with Gasteiger partial charge in [-0.2, -0.15) is 11.3 Å². The summed E-state index contributed by atoms with van der Waals surface area (Å²) in [7, 11) is 3.60. The van der Waals surface area contributed by atoms with Crippen LogP contribution in [0.3, 0.4) is 0 Å². The van der Waals surface area contributed by atoms with Crippen LogP contribution in [0.1, 0.15) is 5.69 Å². The highest BCUT2D eigenvalue weighted by molar-refractivity contribution is 7.14. The molecule has 0 fully saturated rings. The van der Waals surface area contributed by atoms with Crippen molar-refractivity contribution < 1.29 is 14.4 Å². The lowest BCUT2D eigenvalue weighted by atomic mass is 10.3. The molecule has 0 saturated carbocycles. The van der Waals surface area contributed by atoms with Crippen molar-refractivity contribution in [3.63, 3.8) is 0 Å². The number of likely N-dealkylation sites (N-methyl/N-ethyl adjacent to an activating group) is 1. The monoisotopic (exact) mass is 374 g/mol. The van der Waals surface area contributed by atoms with Gasteiger partial charge in [-0.05, 0) is 23.6 Å². The molecule has 5 nitrogen and oxygen atoms in total. The van der Waals surface area contributed by atoms with Crippen LogP contribution >= 0.6 is 22.7 Å². The van der Waals surface area contributed by atoms with Crippen molar-refractivity contribution in [1.29, 1.82) is 0 Å². The normalized spacial score (nSPS) is 11.9. The number of carbonyl (C=O) groups excluding carboxylic acids is 1. The number of nitrogens with zero attached hydrogens (tertiary/aromatic N) is 1. The second-order valence-electron chi connectivity index (χ2n) is 5.75. The summed E-state index contributed by atoms with van der Waals surface area (Å²) in [5.41, 5.74) is 2.91. The first-order valence-electron chi connectivity index (χ1n) is 7.86. The molecule has 2 aromatic heterocycles. The average Bonchev–Trinajstić information content (AvgIpc) is 3.26. The number of benzene rings is 1. The molecule has 0 aliphatic heterocycles. The molecule has 130 valence electrons. The van der Waals surface area contributed by atoms with Gasteiger partial charge in [-0.15, -0.1) is 11.3 Å². The highest BCUT2D eigenvalue weighted by Gasteiger charge is 2.14. The first-order valence-corrected chi connectivity index (χ1v) is 9.68. The van der Waals surface area contributed by atoms with E-state index in [9.17, 15) is 4.79 Å².